The lowest BCUT2D eigenvalue weighted by atomic mass is 9.81. The van der Waals surface area contributed by atoms with E-state index in [9.17, 15) is 4.79 Å². The van der Waals surface area contributed by atoms with Gasteiger partial charge in [0.1, 0.15) is 0 Å². The summed E-state index contributed by atoms with van der Waals surface area (Å²) in [7, 11) is 0. The Bertz CT molecular complexity index is 227. The smallest absolute Gasteiger partial charge is 0.330 e. The monoisotopic (exact) mass is 212 g/mol. The molecule has 0 amide bonds. The summed E-state index contributed by atoms with van der Waals surface area (Å²) >= 11 is 0. The first-order valence-electron chi connectivity index (χ1n) is 5.79. The minimum absolute atomic E-state index is 0.0972. The maximum Gasteiger partial charge on any atom is 0.330 e. The Balaban J connectivity index is 4.34. The van der Waals surface area contributed by atoms with Crippen LogP contribution in [0, 0.1) is 5.41 Å². The van der Waals surface area contributed by atoms with Crippen molar-refractivity contribution in [3.8, 4) is 0 Å². The molecule has 0 aromatic heterocycles. The van der Waals surface area contributed by atoms with Crippen molar-refractivity contribution in [2.75, 3.05) is 6.61 Å². The number of hydrogen-bond acceptors (Lipinski definition) is 2. The maximum atomic E-state index is 11.4. The highest BCUT2D eigenvalue weighted by atomic mass is 16.5. The highest BCUT2D eigenvalue weighted by Crippen LogP contribution is 2.30. The standard InChI is InChI=1S/C13H24O2/c1-6-8-13(4,5)11(3)10-12(14)15-9-7-2/h10H,6-9H2,1-5H3. The molecule has 0 rings (SSSR count). The molecule has 0 saturated heterocycles. The van der Waals surface area contributed by atoms with E-state index in [1.165, 1.54) is 0 Å². The SMILES string of the molecule is CCCOC(=O)C=C(C)C(C)(C)CCC. The molecular weight excluding hydrogens is 188 g/mol. The lowest BCUT2D eigenvalue weighted by Gasteiger charge is -2.25. The maximum absolute atomic E-state index is 11.4. The van der Waals surface area contributed by atoms with Gasteiger partial charge >= 0.3 is 5.97 Å². The summed E-state index contributed by atoms with van der Waals surface area (Å²) in [5.74, 6) is -0.210. The summed E-state index contributed by atoms with van der Waals surface area (Å²) in [6, 6.07) is 0. The molecule has 88 valence electrons. The number of esters is 1. The number of carbonyl (C=O) groups excluding carboxylic acids is 1. The zero-order valence-electron chi connectivity index (χ0n) is 10.7. The fourth-order valence-corrected chi connectivity index (χ4v) is 1.44. The third-order valence-corrected chi connectivity index (χ3v) is 2.73. The minimum atomic E-state index is -0.210. The Morgan fingerprint density at radius 2 is 1.87 bits per heavy atom. The van der Waals surface area contributed by atoms with Gasteiger partial charge in [0.2, 0.25) is 0 Å². The van der Waals surface area contributed by atoms with Crippen molar-refractivity contribution in [1.82, 2.24) is 0 Å². The second-order valence-electron chi connectivity index (χ2n) is 4.63. The molecule has 0 heterocycles. The van der Waals surface area contributed by atoms with Crippen LogP contribution in [0.15, 0.2) is 11.6 Å². The van der Waals surface area contributed by atoms with Gasteiger partial charge in [0.15, 0.2) is 0 Å². The molecule has 0 aliphatic carbocycles. The van der Waals surface area contributed by atoms with Gasteiger partial charge in [-0.15, -0.1) is 0 Å². The van der Waals surface area contributed by atoms with Crippen LogP contribution in [0.4, 0.5) is 0 Å². The van der Waals surface area contributed by atoms with Crippen molar-refractivity contribution in [1.29, 1.82) is 0 Å². The summed E-state index contributed by atoms with van der Waals surface area (Å²) in [6.45, 7) is 11.0. The number of hydrogen-bond donors (Lipinski definition) is 0. The Morgan fingerprint density at radius 3 is 2.33 bits per heavy atom. The average molecular weight is 212 g/mol. The Hall–Kier alpha value is -0.790. The number of rotatable bonds is 6. The molecule has 0 radical (unpaired) electrons. The lowest BCUT2D eigenvalue weighted by molar-refractivity contribution is -0.137. The van der Waals surface area contributed by atoms with Gasteiger partial charge in [-0.25, -0.2) is 4.79 Å². The Labute approximate surface area is 93.7 Å². The van der Waals surface area contributed by atoms with E-state index in [-0.39, 0.29) is 11.4 Å². The van der Waals surface area contributed by atoms with Crippen molar-refractivity contribution in [3.63, 3.8) is 0 Å². The molecule has 0 aliphatic heterocycles. The van der Waals surface area contributed by atoms with Gasteiger partial charge in [-0.2, -0.15) is 0 Å². The van der Waals surface area contributed by atoms with E-state index in [1.54, 1.807) is 6.08 Å². The van der Waals surface area contributed by atoms with Crippen LogP contribution in [-0.2, 0) is 9.53 Å². The number of allylic oxidation sites excluding steroid dienone is 1. The molecule has 0 aliphatic rings. The fourth-order valence-electron chi connectivity index (χ4n) is 1.44. The Kier molecular flexibility index (Phi) is 6.30. The molecule has 0 bridgehead atoms. The molecule has 2 heteroatoms. The van der Waals surface area contributed by atoms with E-state index < -0.39 is 0 Å². The van der Waals surface area contributed by atoms with Gasteiger partial charge in [-0.3, -0.25) is 0 Å². The van der Waals surface area contributed by atoms with E-state index in [4.69, 9.17) is 4.74 Å². The predicted octanol–water partition coefficient (Wildman–Crippen LogP) is 3.71. The van der Waals surface area contributed by atoms with Crippen molar-refractivity contribution in [3.05, 3.63) is 11.6 Å². The van der Waals surface area contributed by atoms with Crippen molar-refractivity contribution < 1.29 is 9.53 Å². The van der Waals surface area contributed by atoms with Crippen molar-refractivity contribution in [2.24, 2.45) is 5.41 Å². The summed E-state index contributed by atoms with van der Waals surface area (Å²) in [5, 5.41) is 0. The van der Waals surface area contributed by atoms with Crippen LogP contribution in [0.25, 0.3) is 0 Å². The van der Waals surface area contributed by atoms with Crippen LogP contribution < -0.4 is 0 Å². The van der Waals surface area contributed by atoms with E-state index >= 15 is 0 Å². The summed E-state index contributed by atoms with van der Waals surface area (Å²) in [4.78, 5) is 11.4. The van der Waals surface area contributed by atoms with Crippen LogP contribution in [-0.4, -0.2) is 12.6 Å². The second-order valence-corrected chi connectivity index (χ2v) is 4.63. The lowest BCUT2D eigenvalue weighted by Crippen LogP contribution is -2.14. The van der Waals surface area contributed by atoms with Crippen LogP contribution >= 0.6 is 0 Å². The molecule has 0 fully saturated rings. The molecular formula is C13H24O2. The zero-order chi connectivity index (χ0) is 11.9. The largest absolute Gasteiger partial charge is 0.463 e. The molecule has 0 saturated carbocycles. The van der Waals surface area contributed by atoms with E-state index in [2.05, 4.69) is 20.8 Å². The van der Waals surface area contributed by atoms with Gasteiger partial charge in [-0.1, -0.05) is 39.7 Å². The van der Waals surface area contributed by atoms with Crippen LogP contribution in [0.3, 0.4) is 0 Å². The molecule has 0 aromatic rings. The first kappa shape index (κ1) is 14.2. The molecule has 2 nitrogen and oxygen atoms in total. The summed E-state index contributed by atoms with van der Waals surface area (Å²) < 4.78 is 5.02. The van der Waals surface area contributed by atoms with Gasteiger partial charge in [-0.05, 0) is 25.2 Å². The highest BCUT2D eigenvalue weighted by Gasteiger charge is 2.19. The molecule has 0 aromatic carbocycles. The normalized spacial score (nSPS) is 12.7. The summed E-state index contributed by atoms with van der Waals surface area (Å²) in [6.07, 6.45) is 4.72. The van der Waals surface area contributed by atoms with Gasteiger partial charge in [0, 0.05) is 6.08 Å². The quantitative estimate of drug-likeness (QED) is 0.495. The van der Waals surface area contributed by atoms with E-state index in [0.717, 1.165) is 24.8 Å². The zero-order valence-corrected chi connectivity index (χ0v) is 10.7. The van der Waals surface area contributed by atoms with E-state index in [1.807, 2.05) is 13.8 Å². The first-order chi connectivity index (χ1) is 6.94. The molecule has 0 unspecified atom stereocenters. The molecule has 0 atom stereocenters. The third kappa shape index (κ3) is 5.60. The van der Waals surface area contributed by atoms with E-state index in [0.29, 0.717) is 6.61 Å². The average Bonchev–Trinajstić information content (AvgIpc) is 2.14. The number of ether oxygens (including phenoxy) is 1. The van der Waals surface area contributed by atoms with Crippen molar-refractivity contribution >= 4 is 5.97 Å². The minimum Gasteiger partial charge on any atom is -0.463 e. The first-order valence-corrected chi connectivity index (χ1v) is 5.79. The third-order valence-electron chi connectivity index (χ3n) is 2.73. The molecule has 0 N–H and O–H groups in total. The number of carbonyl (C=O) groups is 1. The summed E-state index contributed by atoms with van der Waals surface area (Å²) in [5.41, 5.74) is 1.20. The highest BCUT2D eigenvalue weighted by molar-refractivity contribution is 5.82. The van der Waals surface area contributed by atoms with Gasteiger partial charge < -0.3 is 4.74 Å². The van der Waals surface area contributed by atoms with Gasteiger partial charge in [0.05, 0.1) is 6.61 Å². The molecule has 0 spiro atoms. The Morgan fingerprint density at radius 1 is 1.27 bits per heavy atom. The van der Waals surface area contributed by atoms with Crippen molar-refractivity contribution in [2.45, 2.75) is 53.9 Å². The predicted molar refractivity (Wildman–Crippen MR) is 63.7 cm³/mol. The molecule has 15 heavy (non-hydrogen) atoms. The fraction of sp³-hybridized carbons (Fsp3) is 0.769. The topological polar surface area (TPSA) is 26.3 Å². The van der Waals surface area contributed by atoms with Crippen LogP contribution in [0.5, 0.6) is 0 Å². The van der Waals surface area contributed by atoms with Crippen LogP contribution in [0.2, 0.25) is 0 Å². The van der Waals surface area contributed by atoms with Gasteiger partial charge in [0.25, 0.3) is 0 Å². The second kappa shape index (κ2) is 6.65. The van der Waals surface area contributed by atoms with Crippen LogP contribution in [0.1, 0.15) is 53.9 Å².